The third-order valence-electron chi connectivity index (χ3n) is 8.69. The lowest BCUT2D eigenvalue weighted by Crippen LogP contribution is -2.56. The zero-order valence-corrected chi connectivity index (χ0v) is 15.4. The van der Waals surface area contributed by atoms with Crippen molar-refractivity contribution in [3.8, 4) is 0 Å². The number of Topliss-reactive ketones (excluding diaryl/α,β-unsaturated/α-hetero) is 1. The van der Waals surface area contributed by atoms with E-state index < -0.39 is 0 Å². The molecule has 0 aromatic carbocycles. The van der Waals surface area contributed by atoms with Gasteiger partial charge in [0.1, 0.15) is 5.78 Å². The van der Waals surface area contributed by atoms with E-state index >= 15 is 0 Å². The number of carbonyl (C=O) groups excluding carboxylic acids is 2. The summed E-state index contributed by atoms with van der Waals surface area (Å²) < 4.78 is 0. The second-order valence-electron chi connectivity index (χ2n) is 9.37. The fourth-order valence-electron chi connectivity index (χ4n) is 7.35. The highest BCUT2D eigenvalue weighted by molar-refractivity contribution is 5.96. The van der Waals surface area contributed by atoms with Crippen molar-refractivity contribution in [2.24, 2.45) is 46.2 Å². The molecule has 5 aliphatic carbocycles. The Balaban J connectivity index is 0.00000146. The summed E-state index contributed by atoms with van der Waals surface area (Å²) in [5.41, 5.74) is 7.85. The molecule has 0 spiro atoms. The maximum atomic E-state index is 12.5. The molecule has 24 heavy (non-hydrogen) atoms. The zero-order chi connectivity index (χ0) is 16.1. The summed E-state index contributed by atoms with van der Waals surface area (Å²) in [6, 6.07) is 0.0183. The molecule has 1 unspecified atom stereocenters. The van der Waals surface area contributed by atoms with Gasteiger partial charge in [-0.1, -0.05) is 13.8 Å². The van der Waals surface area contributed by atoms with Crippen molar-refractivity contribution in [2.45, 2.75) is 58.4 Å². The highest BCUT2D eigenvalue weighted by Gasteiger charge is 2.67. The van der Waals surface area contributed by atoms with Gasteiger partial charge in [0.25, 0.3) is 0 Å². The van der Waals surface area contributed by atoms with Gasteiger partial charge in [-0.3, -0.25) is 9.59 Å². The van der Waals surface area contributed by atoms with E-state index in [9.17, 15) is 9.59 Å². The summed E-state index contributed by atoms with van der Waals surface area (Å²) >= 11 is 0. The van der Waals surface area contributed by atoms with Crippen LogP contribution in [0.25, 0.3) is 0 Å². The molecule has 0 aromatic rings. The number of ketones is 2. The number of hydrogen-bond donors (Lipinski definition) is 1. The van der Waals surface area contributed by atoms with Gasteiger partial charge >= 0.3 is 0 Å². The second kappa shape index (κ2) is 4.94. The van der Waals surface area contributed by atoms with Crippen LogP contribution in [0.1, 0.15) is 52.4 Å². The van der Waals surface area contributed by atoms with Crippen LogP contribution in [0.5, 0.6) is 0 Å². The maximum Gasteiger partial charge on any atom is 0.159 e. The fourth-order valence-corrected chi connectivity index (χ4v) is 7.35. The first-order valence-electron chi connectivity index (χ1n) is 9.42. The third-order valence-corrected chi connectivity index (χ3v) is 8.69. The SMILES string of the molecule is C[C@]12CC[C@H]3[C@@H](C[C@H](N)C4=CC(=O)[C@H]5CC5[C@@]43C)[C@@H]1CCC2=O.Cl. The Morgan fingerprint density at radius 1 is 1.08 bits per heavy atom. The van der Waals surface area contributed by atoms with Crippen molar-refractivity contribution in [2.75, 3.05) is 0 Å². The van der Waals surface area contributed by atoms with Crippen LogP contribution >= 0.6 is 12.4 Å². The maximum absolute atomic E-state index is 12.5. The van der Waals surface area contributed by atoms with Gasteiger partial charge in [-0.05, 0) is 72.8 Å². The van der Waals surface area contributed by atoms with Crippen LogP contribution in [-0.4, -0.2) is 17.6 Å². The predicted molar refractivity (Wildman–Crippen MR) is 94.7 cm³/mol. The van der Waals surface area contributed by atoms with Crippen LogP contribution in [0.2, 0.25) is 0 Å². The molecule has 0 aromatic heterocycles. The van der Waals surface area contributed by atoms with Crippen molar-refractivity contribution < 1.29 is 9.59 Å². The Labute approximate surface area is 150 Å². The molecule has 4 saturated carbocycles. The molecule has 5 rings (SSSR count). The molecule has 4 heteroatoms. The highest BCUT2D eigenvalue weighted by Crippen LogP contribution is 2.70. The summed E-state index contributed by atoms with van der Waals surface area (Å²) in [6.07, 6.45) is 7.97. The van der Waals surface area contributed by atoms with E-state index in [1.807, 2.05) is 6.08 Å². The molecule has 4 fully saturated rings. The summed E-state index contributed by atoms with van der Waals surface area (Å²) in [6.45, 7) is 4.61. The highest BCUT2D eigenvalue weighted by atomic mass is 35.5. The topological polar surface area (TPSA) is 60.2 Å². The molecule has 0 saturated heterocycles. The largest absolute Gasteiger partial charge is 0.324 e. The first kappa shape index (κ1) is 16.8. The Hall–Kier alpha value is -0.670. The Morgan fingerprint density at radius 2 is 1.83 bits per heavy atom. The van der Waals surface area contributed by atoms with Gasteiger partial charge in [0.15, 0.2) is 5.78 Å². The van der Waals surface area contributed by atoms with Crippen molar-refractivity contribution in [3.05, 3.63) is 11.6 Å². The van der Waals surface area contributed by atoms with Crippen LogP contribution in [0.15, 0.2) is 11.6 Å². The molecule has 0 radical (unpaired) electrons. The summed E-state index contributed by atoms with van der Waals surface area (Å²) in [5.74, 6) is 3.33. The van der Waals surface area contributed by atoms with Crippen molar-refractivity contribution in [1.82, 2.24) is 0 Å². The zero-order valence-electron chi connectivity index (χ0n) is 14.6. The molecule has 5 aliphatic rings. The average molecular weight is 350 g/mol. The molecule has 0 bridgehead atoms. The van der Waals surface area contributed by atoms with Gasteiger partial charge in [0, 0.05) is 23.8 Å². The number of nitrogens with two attached hydrogens (primary N) is 1. The van der Waals surface area contributed by atoms with Crippen LogP contribution in [0, 0.1) is 40.4 Å². The minimum absolute atomic E-state index is 0. The van der Waals surface area contributed by atoms with Gasteiger partial charge in [0.2, 0.25) is 0 Å². The van der Waals surface area contributed by atoms with E-state index in [1.54, 1.807) is 0 Å². The van der Waals surface area contributed by atoms with E-state index in [-0.39, 0.29) is 35.2 Å². The van der Waals surface area contributed by atoms with Crippen LogP contribution in [-0.2, 0) is 9.59 Å². The van der Waals surface area contributed by atoms with E-state index in [4.69, 9.17) is 5.73 Å². The number of fused-ring (bicyclic) bond motifs is 7. The first-order valence-corrected chi connectivity index (χ1v) is 9.42. The number of halogens is 1. The minimum Gasteiger partial charge on any atom is -0.324 e. The fraction of sp³-hybridized carbons (Fsp3) is 0.800. The molecule has 3 nitrogen and oxygen atoms in total. The molecular weight excluding hydrogens is 322 g/mol. The second-order valence-corrected chi connectivity index (χ2v) is 9.37. The van der Waals surface area contributed by atoms with E-state index in [0.29, 0.717) is 35.2 Å². The van der Waals surface area contributed by atoms with Crippen molar-refractivity contribution in [1.29, 1.82) is 0 Å². The minimum atomic E-state index is -0.0914. The van der Waals surface area contributed by atoms with Crippen LogP contribution in [0.4, 0.5) is 0 Å². The summed E-state index contributed by atoms with van der Waals surface area (Å²) in [4.78, 5) is 24.7. The van der Waals surface area contributed by atoms with Crippen molar-refractivity contribution >= 4 is 24.0 Å². The number of carbonyl (C=O) groups is 2. The average Bonchev–Trinajstić information content (AvgIpc) is 3.26. The molecular formula is C20H28ClNO2. The van der Waals surface area contributed by atoms with Crippen LogP contribution < -0.4 is 5.73 Å². The number of hydrogen-bond acceptors (Lipinski definition) is 3. The molecule has 132 valence electrons. The molecule has 0 aliphatic heterocycles. The summed E-state index contributed by atoms with van der Waals surface area (Å²) in [5, 5.41) is 0. The molecule has 0 amide bonds. The van der Waals surface area contributed by atoms with E-state index in [0.717, 1.165) is 38.5 Å². The Bertz CT molecular complexity index is 658. The Morgan fingerprint density at radius 3 is 2.58 bits per heavy atom. The first-order chi connectivity index (χ1) is 10.9. The predicted octanol–water partition coefficient (Wildman–Crippen LogP) is 3.30. The smallest absolute Gasteiger partial charge is 0.159 e. The molecule has 0 heterocycles. The lowest BCUT2D eigenvalue weighted by Gasteiger charge is -2.58. The number of rotatable bonds is 0. The van der Waals surface area contributed by atoms with Gasteiger partial charge in [-0.25, -0.2) is 0 Å². The Kier molecular flexibility index (Phi) is 3.46. The lowest BCUT2D eigenvalue weighted by atomic mass is 9.46. The van der Waals surface area contributed by atoms with Crippen LogP contribution in [0.3, 0.4) is 0 Å². The monoisotopic (exact) mass is 349 g/mol. The van der Waals surface area contributed by atoms with E-state index in [1.165, 1.54) is 5.57 Å². The standard InChI is InChI=1S/C20H27NO2.ClH/c1-19-6-5-13-10(12(19)3-4-18(19)23)8-16(21)15-9-17(22)11-7-14(11)20(13,15)2;/h9-14,16H,3-8,21H2,1-2H3;1H/t10-,11-,12-,13-,14?,16-,19-,20-;/m0./s1. The molecule has 2 N–H and O–H groups in total. The van der Waals surface area contributed by atoms with Crippen molar-refractivity contribution in [3.63, 3.8) is 0 Å². The quantitative estimate of drug-likeness (QED) is 0.729. The van der Waals surface area contributed by atoms with Gasteiger partial charge in [0.05, 0.1) is 0 Å². The lowest BCUT2D eigenvalue weighted by molar-refractivity contribution is -0.133. The van der Waals surface area contributed by atoms with Gasteiger partial charge in [-0.15, -0.1) is 12.4 Å². The normalized spacial score (nSPS) is 54.7. The molecule has 8 atom stereocenters. The summed E-state index contributed by atoms with van der Waals surface area (Å²) in [7, 11) is 0. The van der Waals surface area contributed by atoms with E-state index in [2.05, 4.69) is 13.8 Å². The third kappa shape index (κ3) is 1.78. The van der Waals surface area contributed by atoms with Gasteiger partial charge in [-0.2, -0.15) is 0 Å². The van der Waals surface area contributed by atoms with Gasteiger partial charge < -0.3 is 5.73 Å².